The van der Waals surface area contributed by atoms with E-state index in [2.05, 4.69) is 10.3 Å². The molecule has 0 saturated carbocycles. The van der Waals surface area contributed by atoms with Gasteiger partial charge in [-0.25, -0.2) is 9.18 Å². The number of carbonyl (C=O) groups excluding carboxylic acids is 1. The highest BCUT2D eigenvalue weighted by molar-refractivity contribution is 5.99. The second kappa shape index (κ2) is 7.00. The van der Waals surface area contributed by atoms with E-state index in [1.54, 1.807) is 0 Å². The molecule has 0 aliphatic heterocycles. The van der Waals surface area contributed by atoms with Crippen molar-refractivity contribution in [2.75, 3.05) is 6.61 Å². The zero-order valence-electron chi connectivity index (χ0n) is 13.9. The van der Waals surface area contributed by atoms with E-state index in [1.807, 2.05) is 20.8 Å². The van der Waals surface area contributed by atoms with Crippen LogP contribution in [0.15, 0.2) is 24.3 Å². The molecular weight excluding hydrogens is 315 g/mol. The van der Waals surface area contributed by atoms with Crippen LogP contribution < -0.4 is 5.32 Å². The van der Waals surface area contributed by atoms with Crippen molar-refractivity contribution in [3.63, 3.8) is 0 Å². The molecule has 7 heteroatoms. The van der Waals surface area contributed by atoms with Crippen LogP contribution in [-0.4, -0.2) is 40.2 Å². The zero-order chi connectivity index (χ0) is 17.9. The number of carboxylic acids is 1. The van der Waals surface area contributed by atoms with E-state index in [-0.39, 0.29) is 24.3 Å². The number of rotatable bonds is 6. The number of fused-ring (bicyclic) bond motifs is 1. The lowest BCUT2D eigenvalue weighted by molar-refractivity contribution is -0.140. The van der Waals surface area contributed by atoms with Gasteiger partial charge in [-0.15, -0.1) is 0 Å². The molecule has 24 heavy (non-hydrogen) atoms. The quantitative estimate of drug-likeness (QED) is 0.756. The monoisotopic (exact) mass is 336 g/mol. The minimum absolute atomic E-state index is 0.146. The van der Waals surface area contributed by atoms with Crippen molar-refractivity contribution in [3.8, 4) is 0 Å². The Hall–Kier alpha value is -2.41. The number of carbonyl (C=O) groups is 2. The Morgan fingerprint density at radius 1 is 1.33 bits per heavy atom. The third kappa shape index (κ3) is 4.79. The molecule has 1 aromatic carbocycles. The molecule has 6 nitrogen and oxygen atoms in total. The first kappa shape index (κ1) is 17.9. The fourth-order valence-electron chi connectivity index (χ4n) is 2.20. The summed E-state index contributed by atoms with van der Waals surface area (Å²) in [7, 11) is 0. The number of nitrogens with one attached hydrogen (secondary N) is 2. The number of aromatic nitrogens is 1. The molecule has 1 amide bonds. The smallest absolute Gasteiger partial charge is 0.326 e. The number of aliphatic carboxylic acids is 1. The van der Waals surface area contributed by atoms with E-state index in [0.29, 0.717) is 10.9 Å². The van der Waals surface area contributed by atoms with Crippen LogP contribution in [-0.2, 0) is 9.53 Å². The summed E-state index contributed by atoms with van der Waals surface area (Å²) >= 11 is 0. The minimum Gasteiger partial charge on any atom is -0.480 e. The lowest BCUT2D eigenvalue weighted by atomic mass is 10.1. The van der Waals surface area contributed by atoms with Crippen molar-refractivity contribution < 1.29 is 23.8 Å². The number of hydrogen-bond donors (Lipinski definition) is 3. The average molecular weight is 336 g/mol. The summed E-state index contributed by atoms with van der Waals surface area (Å²) in [6.07, 6.45) is 0.146. The fourth-order valence-corrected chi connectivity index (χ4v) is 2.20. The minimum atomic E-state index is -1.14. The van der Waals surface area contributed by atoms with Crippen LogP contribution in [0.1, 0.15) is 37.7 Å². The van der Waals surface area contributed by atoms with E-state index >= 15 is 0 Å². The van der Waals surface area contributed by atoms with Crippen molar-refractivity contribution in [2.24, 2.45) is 0 Å². The molecule has 0 fully saturated rings. The van der Waals surface area contributed by atoms with Crippen LogP contribution in [0.25, 0.3) is 10.9 Å². The van der Waals surface area contributed by atoms with Crippen LogP contribution in [0, 0.1) is 5.82 Å². The number of halogens is 1. The first-order chi connectivity index (χ1) is 11.2. The van der Waals surface area contributed by atoms with Crippen molar-refractivity contribution >= 4 is 22.8 Å². The predicted octanol–water partition coefficient (Wildman–Crippen LogP) is 2.70. The Labute approximate surface area is 139 Å². The van der Waals surface area contributed by atoms with E-state index in [9.17, 15) is 19.1 Å². The first-order valence-electron chi connectivity index (χ1n) is 7.61. The molecule has 1 unspecified atom stereocenters. The highest BCUT2D eigenvalue weighted by Crippen LogP contribution is 2.17. The number of benzene rings is 1. The Morgan fingerprint density at radius 2 is 2.04 bits per heavy atom. The Morgan fingerprint density at radius 3 is 2.67 bits per heavy atom. The van der Waals surface area contributed by atoms with Crippen molar-refractivity contribution in [3.05, 3.63) is 35.8 Å². The largest absolute Gasteiger partial charge is 0.480 e. The van der Waals surface area contributed by atoms with E-state index < -0.39 is 23.7 Å². The van der Waals surface area contributed by atoms with Gasteiger partial charge in [0.25, 0.3) is 5.91 Å². The summed E-state index contributed by atoms with van der Waals surface area (Å²) in [5.74, 6) is -2.10. The van der Waals surface area contributed by atoms with Gasteiger partial charge in [0, 0.05) is 23.9 Å². The average Bonchev–Trinajstić information content (AvgIpc) is 2.87. The van der Waals surface area contributed by atoms with Gasteiger partial charge < -0.3 is 20.1 Å². The van der Waals surface area contributed by atoms with Crippen molar-refractivity contribution in [1.29, 1.82) is 0 Å². The molecule has 0 radical (unpaired) electrons. The normalized spacial score (nSPS) is 13.0. The standard InChI is InChI=1S/C17H21FN2O4/c1-17(2,3)24-7-6-13(16(22)23)20-15(21)14-9-10-8-11(18)4-5-12(10)19-14/h4-5,8-9,13,19H,6-7H2,1-3H3,(H,20,21)(H,22,23). The van der Waals surface area contributed by atoms with Crippen LogP contribution in [0.4, 0.5) is 4.39 Å². The summed E-state index contributed by atoms with van der Waals surface area (Å²) in [5, 5.41) is 12.2. The zero-order valence-corrected chi connectivity index (χ0v) is 13.9. The molecule has 130 valence electrons. The Bertz CT molecular complexity index is 749. The topological polar surface area (TPSA) is 91.4 Å². The maximum absolute atomic E-state index is 13.2. The molecule has 2 rings (SSSR count). The van der Waals surface area contributed by atoms with Crippen molar-refractivity contribution in [1.82, 2.24) is 10.3 Å². The highest BCUT2D eigenvalue weighted by Gasteiger charge is 2.22. The molecule has 3 N–H and O–H groups in total. The molecule has 0 bridgehead atoms. The number of hydrogen-bond acceptors (Lipinski definition) is 3. The number of aromatic amines is 1. The number of ether oxygens (including phenoxy) is 1. The maximum atomic E-state index is 13.2. The molecule has 0 saturated heterocycles. The van der Waals surface area contributed by atoms with E-state index in [1.165, 1.54) is 24.3 Å². The van der Waals surface area contributed by atoms with Crippen LogP contribution in [0.2, 0.25) is 0 Å². The fraction of sp³-hybridized carbons (Fsp3) is 0.412. The van der Waals surface area contributed by atoms with E-state index in [4.69, 9.17) is 4.74 Å². The molecule has 1 aromatic heterocycles. The summed E-state index contributed by atoms with van der Waals surface area (Å²) < 4.78 is 18.7. The van der Waals surface area contributed by atoms with Gasteiger partial charge in [0.2, 0.25) is 0 Å². The van der Waals surface area contributed by atoms with Crippen LogP contribution >= 0.6 is 0 Å². The molecule has 1 atom stereocenters. The lowest BCUT2D eigenvalue weighted by Crippen LogP contribution is -2.42. The number of carboxylic acid groups (broad SMARTS) is 1. The van der Waals surface area contributed by atoms with Gasteiger partial charge in [-0.3, -0.25) is 4.79 Å². The van der Waals surface area contributed by atoms with Crippen molar-refractivity contribution in [2.45, 2.75) is 38.8 Å². The third-order valence-corrected chi connectivity index (χ3v) is 3.37. The van der Waals surface area contributed by atoms with Gasteiger partial charge in [0.15, 0.2) is 0 Å². The molecule has 0 spiro atoms. The molecule has 0 aliphatic rings. The molecule has 2 aromatic rings. The molecule has 1 heterocycles. The predicted molar refractivity (Wildman–Crippen MR) is 87.5 cm³/mol. The lowest BCUT2D eigenvalue weighted by Gasteiger charge is -2.21. The summed E-state index contributed by atoms with van der Waals surface area (Å²) in [4.78, 5) is 26.4. The number of amides is 1. The van der Waals surface area contributed by atoms with Gasteiger partial charge in [0.05, 0.1) is 5.60 Å². The van der Waals surface area contributed by atoms with Gasteiger partial charge in [-0.05, 0) is 45.0 Å². The summed E-state index contributed by atoms with van der Waals surface area (Å²) in [6.45, 7) is 5.81. The second-order valence-electron chi connectivity index (χ2n) is 6.53. The number of H-pyrrole nitrogens is 1. The van der Waals surface area contributed by atoms with Gasteiger partial charge in [-0.1, -0.05) is 0 Å². The van der Waals surface area contributed by atoms with E-state index in [0.717, 1.165) is 0 Å². The van der Waals surface area contributed by atoms with Gasteiger partial charge in [-0.2, -0.15) is 0 Å². The summed E-state index contributed by atoms with van der Waals surface area (Å²) in [5.41, 5.74) is 0.400. The summed E-state index contributed by atoms with van der Waals surface area (Å²) in [6, 6.07) is 4.52. The van der Waals surface area contributed by atoms with Crippen LogP contribution in [0.3, 0.4) is 0 Å². The Kier molecular flexibility index (Phi) is 5.23. The molecule has 0 aliphatic carbocycles. The highest BCUT2D eigenvalue weighted by atomic mass is 19.1. The molecular formula is C17H21FN2O4. The van der Waals surface area contributed by atoms with Gasteiger partial charge in [0.1, 0.15) is 17.6 Å². The first-order valence-corrected chi connectivity index (χ1v) is 7.61. The second-order valence-corrected chi connectivity index (χ2v) is 6.53. The van der Waals surface area contributed by atoms with Gasteiger partial charge >= 0.3 is 5.97 Å². The third-order valence-electron chi connectivity index (χ3n) is 3.37. The van der Waals surface area contributed by atoms with Crippen LogP contribution in [0.5, 0.6) is 0 Å². The SMILES string of the molecule is CC(C)(C)OCCC(NC(=O)c1cc2cc(F)ccc2[nH]1)C(=O)O. The Balaban J connectivity index is 2.04. The maximum Gasteiger partial charge on any atom is 0.326 e.